The summed E-state index contributed by atoms with van der Waals surface area (Å²) in [4.78, 5) is 0. The number of benzene rings is 2. The zero-order valence-corrected chi connectivity index (χ0v) is 12.6. The molecule has 0 amide bonds. The Labute approximate surface area is 110 Å². The summed E-state index contributed by atoms with van der Waals surface area (Å²) in [6, 6.07) is 20.6. The molecular weight excluding hydrogens is 273 g/mol. The van der Waals surface area contributed by atoms with E-state index in [0.29, 0.717) is 6.61 Å². The molecule has 0 saturated heterocycles. The van der Waals surface area contributed by atoms with E-state index in [4.69, 9.17) is 14.4 Å². The topological polar surface area (TPSA) is 9.23 Å². The van der Waals surface area contributed by atoms with Gasteiger partial charge in [-0.3, -0.25) is 0 Å². The van der Waals surface area contributed by atoms with Crippen molar-refractivity contribution in [3.05, 3.63) is 66.2 Å². The van der Waals surface area contributed by atoms with Crippen LogP contribution in [-0.4, -0.2) is 0 Å². The Morgan fingerprint density at radius 2 is 1.62 bits per heavy atom. The van der Waals surface area contributed by atoms with Crippen molar-refractivity contribution in [2.45, 2.75) is 6.61 Å². The molecule has 0 aliphatic rings. The van der Waals surface area contributed by atoms with E-state index >= 15 is 0 Å². The molecule has 78 valence electrons. The molecule has 3 heteroatoms. The van der Waals surface area contributed by atoms with Gasteiger partial charge in [-0.05, 0) is 5.56 Å². The fraction of sp³-hybridized carbons (Fsp3) is 0.0769. The fourth-order valence-corrected chi connectivity index (χ4v) is 1.21. The smallest absolute Gasteiger partial charge is 0.110 e. The summed E-state index contributed by atoms with van der Waals surface area (Å²) in [6.07, 6.45) is 0. The van der Waals surface area contributed by atoms with Gasteiger partial charge in [-0.1, -0.05) is 30.3 Å². The van der Waals surface area contributed by atoms with Crippen molar-refractivity contribution in [3.8, 4) is 5.75 Å². The molecule has 0 aromatic heterocycles. The van der Waals surface area contributed by atoms with Gasteiger partial charge >= 0.3 is 27.0 Å². The van der Waals surface area contributed by atoms with E-state index in [9.17, 15) is 0 Å². The second-order valence-electron chi connectivity index (χ2n) is 3.01. The van der Waals surface area contributed by atoms with Crippen LogP contribution in [0.4, 0.5) is 0 Å². The van der Waals surface area contributed by atoms with Gasteiger partial charge in [0.25, 0.3) is 0 Å². The first kappa shape index (κ1) is 13.2. The van der Waals surface area contributed by atoms with Crippen LogP contribution in [-0.2, 0) is 23.9 Å². The van der Waals surface area contributed by atoms with Gasteiger partial charge in [0, 0.05) is 5.75 Å². The third-order valence-corrected chi connectivity index (χ3v) is 1.94. The van der Waals surface area contributed by atoms with Crippen LogP contribution in [0.3, 0.4) is 0 Å². The Morgan fingerprint density at radius 3 is 2.25 bits per heavy atom. The first-order valence-electron chi connectivity index (χ1n) is 4.85. The van der Waals surface area contributed by atoms with Crippen molar-refractivity contribution in [3.63, 3.8) is 0 Å². The van der Waals surface area contributed by atoms with Gasteiger partial charge in [0.15, 0.2) is 0 Å². The Balaban J connectivity index is 0.000000606. The maximum atomic E-state index is 5.57. The summed E-state index contributed by atoms with van der Waals surface area (Å²) in [5.41, 5.74) is 1.18. The minimum Gasteiger partial charge on any atom is -0.514 e. The van der Waals surface area contributed by atoms with Crippen LogP contribution < -0.4 is 4.74 Å². The van der Waals surface area contributed by atoms with E-state index in [1.165, 1.54) is 5.56 Å². The number of halogens is 1. The van der Waals surface area contributed by atoms with Gasteiger partial charge in [-0.15, -0.1) is 12.1 Å². The predicted octanol–water partition coefficient (Wildman–Crippen LogP) is 3.75. The summed E-state index contributed by atoms with van der Waals surface area (Å²) >= 11 is 0.847. The summed E-state index contributed by atoms with van der Waals surface area (Å²) in [6.45, 7) is 0.616. The summed E-state index contributed by atoms with van der Waals surface area (Å²) < 4.78 is 5.57. The van der Waals surface area contributed by atoms with Crippen LogP contribution in [0.2, 0.25) is 0 Å². The van der Waals surface area contributed by atoms with Crippen molar-refractivity contribution in [2.75, 3.05) is 0 Å². The van der Waals surface area contributed by atoms with E-state index in [-0.39, 0.29) is 0 Å². The summed E-state index contributed by atoms with van der Waals surface area (Å²) in [5, 5.41) is 0. The number of hydrogen-bond acceptors (Lipinski definition) is 1. The monoisotopic (exact) mass is 282 g/mol. The second-order valence-corrected chi connectivity index (χ2v) is 3.01. The zero-order chi connectivity index (χ0) is 11.6. The fourth-order valence-electron chi connectivity index (χ4n) is 1.21. The van der Waals surface area contributed by atoms with Gasteiger partial charge in [0.05, 0.1) is 0 Å². The Hall–Kier alpha value is -0.847. The first-order chi connectivity index (χ1) is 7.95. The minimum atomic E-state index is 0.616. The molecule has 2 aromatic rings. The number of rotatable bonds is 3. The summed E-state index contributed by atoms with van der Waals surface area (Å²) in [7, 11) is 4.76. The number of hydrogen-bond donors (Lipinski definition) is 0. The molecule has 0 heterocycles. The molecule has 0 atom stereocenters. The van der Waals surface area contributed by atoms with Crippen LogP contribution >= 0.6 is 9.69 Å². The van der Waals surface area contributed by atoms with Crippen molar-refractivity contribution >= 4 is 9.69 Å². The van der Waals surface area contributed by atoms with E-state index in [1.807, 2.05) is 42.5 Å². The molecule has 0 N–H and O–H groups in total. The normalized spacial score (nSPS) is 8.94. The molecule has 0 aliphatic carbocycles. The Kier molecular flexibility index (Phi) is 6.88. The van der Waals surface area contributed by atoms with Crippen LogP contribution in [0.1, 0.15) is 5.56 Å². The van der Waals surface area contributed by atoms with Gasteiger partial charge in [0.2, 0.25) is 0 Å². The second kappa shape index (κ2) is 8.32. The van der Waals surface area contributed by atoms with Crippen LogP contribution in [0.15, 0.2) is 54.6 Å². The molecule has 0 unspecified atom stereocenters. The maximum absolute atomic E-state index is 5.57. The first-order valence-corrected chi connectivity index (χ1v) is 8.74. The minimum absolute atomic E-state index is 0.616. The molecule has 0 saturated carbocycles. The van der Waals surface area contributed by atoms with Crippen LogP contribution in [0, 0.1) is 6.07 Å². The standard InChI is InChI=1S/C13H11O.ClH.Zn/c1-3-7-12(8-4-1)11-14-13-9-5-2-6-10-13;;/h1,3-10H,11H2;1H;/q-1;;+2/p-1. The van der Waals surface area contributed by atoms with Crippen molar-refractivity contribution in [1.29, 1.82) is 0 Å². The van der Waals surface area contributed by atoms with Gasteiger partial charge < -0.3 is 4.74 Å². The molecule has 2 rings (SSSR count). The van der Waals surface area contributed by atoms with Crippen LogP contribution in [0.5, 0.6) is 5.75 Å². The van der Waals surface area contributed by atoms with E-state index in [2.05, 4.69) is 18.2 Å². The predicted molar refractivity (Wildman–Crippen MR) is 61.9 cm³/mol. The molecule has 16 heavy (non-hydrogen) atoms. The number of ether oxygens (including phenoxy) is 1. The van der Waals surface area contributed by atoms with E-state index in [0.717, 1.165) is 23.1 Å². The molecule has 0 radical (unpaired) electrons. The molecule has 2 aromatic carbocycles. The van der Waals surface area contributed by atoms with Gasteiger partial charge in [-0.2, -0.15) is 18.2 Å². The average molecular weight is 284 g/mol. The third kappa shape index (κ3) is 4.78. The van der Waals surface area contributed by atoms with Gasteiger partial charge in [-0.25, -0.2) is 0 Å². The zero-order valence-electron chi connectivity index (χ0n) is 8.90. The Bertz CT molecular complexity index is 338. The molecule has 0 aliphatic heterocycles. The quantitative estimate of drug-likeness (QED) is 0.616. The van der Waals surface area contributed by atoms with Crippen molar-refractivity contribution in [2.24, 2.45) is 0 Å². The molecule has 0 spiro atoms. The maximum Gasteiger partial charge on any atom is 0.110 e. The SMILES string of the molecule is [Cl][Zn+].[c-]1ccc(OCc2ccccc2)cc1. The average Bonchev–Trinajstić information content (AvgIpc) is 2.41. The largest absolute Gasteiger partial charge is 0.514 e. The molecule has 0 bridgehead atoms. The van der Waals surface area contributed by atoms with Gasteiger partial charge in [0.1, 0.15) is 6.61 Å². The van der Waals surface area contributed by atoms with E-state index in [1.54, 1.807) is 0 Å². The van der Waals surface area contributed by atoms with Crippen molar-refractivity contribution < 1.29 is 22.0 Å². The third-order valence-electron chi connectivity index (χ3n) is 1.94. The van der Waals surface area contributed by atoms with Crippen LogP contribution in [0.25, 0.3) is 0 Å². The molecule has 1 nitrogen and oxygen atoms in total. The molecular formula is C13H11ClOZn. The molecule has 0 fully saturated rings. The summed E-state index contributed by atoms with van der Waals surface area (Å²) in [5.74, 6) is 0.882. The van der Waals surface area contributed by atoms with Crippen molar-refractivity contribution in [1.82, 2.24) is 0 Å². The Morgan fingerprint density at radius 1 is 1.00 bits per heavy atom. The van der Waals surface area contributed by atoms with E-state index < -0.39 is 0 Å².